The molecule has 1 saturated heterocycles. The molecule has 0 spiro atoms. The molecular weight excluding hydrogens is 470 g/mol. The third-order valence-corrected chi connectivity index (χ3v) is 6.99. The summed E-state index contributed by atoms with van der Waals surface area (Å²) in [6.07, 6.45) is 0.0189. The van der Waals surface area contributed by atoms with E-state index in [0.717, 1.165) is 35.5 Å². The van der Waals surface area contributed by atoms with Gasteiger partial charge in [0.15, 0.2) is 16.2 Å². The second kappa shape index (κ2) is 9.76. The fourth-order valence-electron chi connectivity index (χ4n) is 3.34. The van der Waals surface area contributed by atoms with Crippen molar-refractivity contribution in [1.82, 2.24) is 20.0 Å². The fraction of sp³-hybridized carbons (Fsp3) is 0.474. The number of fused-ring (bicyclic) bond motifs is 1. The Morgan fingerprint density at radius 1 is 1.42 bits per heavy atom. The van der Waals surface area contributed by atoms with Gasteiger partial charge in [0.1, 0.15) is 5.69 Å². The highest BCUT2D eigenvalue weighted by Gasteiger charge is 2.26. The van der Waals surface area contributed by atoms with Crippen molar-refractivity contribution in [1.29, 1.82) is 0 Å². The van der Waals surface area contributed by atoms with Crippen molar-refractivity contribution in [3.63, 3.8) is 0 Å². The second-order valence-corrected chi connectivity index (χ2v) is 9.42. The third-order valence-electron chi connectivity index (χ3n) is 4.79. The average molecular weight is 489 g/mol. The maximum Gasteiger partial charge on any atom is 0.306 e. The zero-order valence-corrected chi connectivity index (χ0v) is 18.9. The highest BCUT2D eigenvalue weighted by molar-refractivity contribution is 7.99. The van der Waals surface area contributed by atoms with E-state index in [2.05, 4.69) is 20.0 Å². The van der Waals surface area contributed by atoms with Crippen LogP contribution in [0, 0.1) is 0 Å². The number of aromatic nitrogens is 4. The zero-order chi connectivity index (χ0) is 22.0. The van der Waals surface area contributed by atoms with Crippen LogP contribution in [0.25, 0.3) is 21.6 Å². The van der Waals surface area contributed by atoms with Crippen LogP contribution in [0.15, 0.2) is 17.0 Å². The summed E-state index contributed by atoms with van der Waals surface area (Å²) in [5.74, 6) is 0.217. The Morgan fingerprint density at radius 3 is 2.94 bits per heavy atom. The minimum absolute atomic E-state index is 0.257. The normalized spacial score (nSPS) is 16.9. The summed E-state index contributed by atoms with van der Waals surface area (Å²) in [5.41, 5.74) is 1.10. The third kappa shape index (κ3) is 4.84. The molecule has 31 heavy (non-hydrogen) atoms. The van der Waals surface area contributed by atoms with Gasteiger partial charge >= 0.3 is 5.97 Å². The lowest BCUT2D eigenvalue weighted by Gasteiger charge is -2.23. The Morgan fingerprint density at radius 2 is 2.26 bits per heavy atom. The number of carbonyl (C=O) groups excluding carboxylic acids is 1. The zero-order valence-electron chi connectivity index (χ0n) is 16.5. The van der Waals surface area contributed by atoms with Gasteiger partial charge in [0.05, 0.1) is 24.1 Å². The number of esters is 1. The number of hydrogen-bond donors (Lipinski definition) is 0. The highest BCUT2D eigenvalue weighted by Crippen LogP contribution is 2.40. The van der Waals surface area contributed by atoms with E-state index in [0.29, 0.717) is 39.0 Å². The van der Waals surface area contributed by atoms with E-state index < -0.39 is 6.43 Å². The van der Waals surface area contributed by atoms with Gasteiger partial charge in [0, 0.05) is 22.6 Å². The predicted molar refractivity (Wildman–Crippen MR) is 115 cm³/mol. The molecule has 1 aromatic carbocycles. The number of alkyl halides is 2. The van der Waals surface area contributed by atoms with Crippen LogP contribution in [0.2, 0.25) is 5.02 Å². The first kappa shape index (κ1) is 22.4. The summed E-state index contributed by atoms with van der Waals surface area (Å²) in [7, 11) is 1.35. The molecule has 0 radical (unpaired) electrons. The van der Waals surface area contributed by atoms with Crippen molar-refractivity contribution in [3.05, 3.63) is 22.2 Å². The van der Waals surface area contributed by atoms with E-state index in [-0.39, 0.29) is 23.6 Å². The molecule has 1 aliphatic rings. The standard InChI is InChI=1S/C19H19ClF2N4O3S2/c1-28-14(27)5-7-30-10-8-11-15(18-23-24-19(31-18)17(21)22)25-26(16(11)12(20)9-10)13-4-2-3-6-29-13/h8-9,13,17H,2-7H2,1H3. The van der Waals surface area contributed by atoms with Crippen LogP contribution >= 0.6 is 34.7 Å². The van der Waals surface area contributed by atoms with Crippen molar-refractivity contribution in [2.45, 2.75) is 43.2 Å². The fourth-order valence-corrected chi connectivity index (χ4v) is 5.31. The number of nitrogens with zero attached hydrogens (tertiary/aromatic N) is 4. The smallest absolute Gasteiger partial charge is 0.306 e. The van der Waals surface area contributed by atoms with Crippen LogP contribution in [0.5, 0.6) is 0 Å². The first-order chi connectivity index (χ1) is 15.0. The molecular formula is C19H19ClF2N4O3S2. The molecule has 1 aliphatic heterocycles. The molecule has 0 amide bonds. The van der Waals surface area contributed by atoms with Crippen LogP contribution in [0.3, 0.4) is 0 Å². The Hall–Kier alpha value is -1.82. The molecule has 12 heteroatoms. The lowest BCUT2D eigenvalue weighted by atomic mass is 10.1. The largest absolute Gasteiger partial charge is 0.469 e. The molecule has 1 fully saturated rings. The van der Waals surface area contributed by atoms with E-state index in [1.807, 2.05) is 6.07 Å². The summed E-state index contributed by atoms with van der Waals surface area (Å²) in [6, 6.07) is 3.69. The maximum atomic E-state index is 13.1. The Kier molecular flexibility index (Phi) is 7.05. The Labute approximate surface area is 190 Å². The number of halogens is 3. The van der Waals surface area contributed by atoms with Crippen molar-refractivity contribution < 1.29 is 23.0 Å². The first-order valence-corrected chi connectivity index (χ1v) is 11.8. The second-order valence-electron chi connectivity index (χ2n) is 6.84. The first-order valence-electron chi connectivity index (χ1n) is 9.63. The van der Waals surface area contributed by atoms with Crippen LogP contribution in [-0.2, 0) is 14.3 Å². The van der Waals surface area contributed by atoms with Crippen molar-refractivity contribution >= 4 is 51.6 Å². The van der Waals surface area contributed by atoms with Gasteiger partial charge in [-0.3, -0.25) is 4.79 Å². The predicted octanol–water partition coefficient (Wildman–Crippen LogP) is 5.50. The Balaban J connectivity index is 1.76. The van der Waals surface area contributed by atoms with Gasteiger partial charge < -0.3 is 9.47 Å². The van der Waals surface area contributed by atoms with Crippen molar-refractivity contribution in [2.24, 2.45) is 0 Å². The summed E-state index contributed by atoms with van der Waals surface area (Å²) in [5, 5.41) is 13.3. The molecule has 7 nitrogen and oxygen atoms in total. The molecule has 3 heterocycles. The van der Waals surface area contributed by atoms with E-state index >= 15 is 0 Å². The number of thioether (sulfide) groups is 1. The molecule has 0 saturated carbocycles. The summed E-state index contributed by atoms with van der Waals surface area (Å²) in [4.78, 5) is 12.2. The molecule has 166 valence electrons. The van der Waals surface area contributed by atoms with Crippen molar-refractivity contribution in [3.8, 4) is 10.7 Å². The van der Waals surface area contributed by atoms with E-state index in [1.54, 1.807) is 10.7 Å². The van der Waals surface area contributed by atoms with E-state index in [9.17, 15) is 13.6 Å². The minimum atomic E-state index is -2.70. The summed E-state index contributed by atoms with van der Waals surface area (Å²) >= 11 is 8.89. The van der Waals surface area contributed by atoms with Crippen LogP contribution in [0.4, 0.5) is 8.78 Å². The number of methoxy groups -OCH3 is 1. The number of rotatable bonds is 7. The van der Waals surface area contributed by atoms with Crippen LogP contribution < -0.4 is 0 Å². The number of hydrogen-bond acceptors (Lipinski definition) is 8. The molecule has 2 aromatic heterocycles. The molecule has 4 rings (SSSR count). The van der Waals surface area contributed by atoms with E-state index in [4.69, 9.17) is 16.3 Å². The topological polar surface area (TPSA) is 79.1 Å². The molecule has 0 bridgehead atoms. The van der Waals surface area contributed by atoms with Gasteiger partial charge in [-0.05, 0) is 31.4 Å². The molecule has 3 aromatic rings. The van der Waals surface area contributed by atoms with Gasteiger partial charge in [0.2, 0.25) is 0 Å². The highest BCUT2D eigenvalue weighted by atomic mass is 35.5. The summed E-state index contributed by atoms with van der Waals surface area (Å²) < 4.78 is 38.4. The van der Waals surface area contributed by atoms with Gasteiger partial charge in [-0.2, -0.15) is 5.10 Å². The van der Waals surface area contributed by atoms with Crippen LogP contribution in [-0.4, -0.2) is 45.4 Å². The minimum Gasteiger partial charge on any atom is -0.469 e. The molecule has 0 N–H and O–H groups in total. The molecule has 1 unspecified atom stereocenters. The quantitative estimate of drug-likeness (QED) is 0.321. The average Bonchev–Trinajstić information content (AvgIpc) is 3.39. The molecule has 0 aliphatic carbocycles. The van der Waals surface area contributed by atoms with Gasteiger partial charge in [-0.25, -0.2) is 13.5 Å². The number of ether oxygens (including phenoxy) is 2. The maximum absolute atomic E-state index is 13.1. The lowest BCUT2D eigenvalue weighted by molar-refractivity contribution is -0.140. The van der Waals surface area contributed by atoms with Crippen LogP contribution in [0.1, 0.15) is 43.3 Å². The van der Waals surface area contributed by atoms with Gasteiger partial charge in [0.25, 0.3) is 6.43 Å². The molecule has 1 atom stereocenters. The van der Waals surface area contributed by atoms with E-state index in [1.165, 1.54) is 18.9 Å². The van der Waals surface area contributed by atoms with Crippen molar-refractivity contribution in [2.75, 3.05) is 19.5 Å². The van der Waals surface area contributed by atoms with Gasteiger partial charge in [-0.1, -0.05) is 22.9 Å². The summed E-state index contributed by atoms with van der Waals surface area (Å²) in [6.45, 7) is 0.620. The lowest BCUT2D eigenvalue weighted by Crippen LogP contribution is -2.19. The SMILES string of the molecule is COC(=O)CCSc1cc(Cl)c2c(c1)c(-c1nnc(C(F)F)s1)nn2C1CCCCO1. The number of carbonyl (C=O) groups is 1. The van der Waals surface area contributed by atoms with Gasteiger partial charge in [-0.15, -0.1) is 22.0 Å². The monoisotopic (exact) mass is 488 g/mol. The number of benzene rings is 1. The Bertz CT molecular complexity index is 1090.